The van der Waals surface area contributed by atoms with E-state index in [4.69, 9.17) is 0 Å². The van der Waals surface area contributed by atoms with Gasteiger partial charge in [-0.25, -0.2) is 21.6 Å². The largest absolute Gasteiger partial charge is 0.280 e. The molecule has 0 aliphatic carbocycles. The summed E-state index contributed by atoms with van der Waals surface area (Å²) in [4.78, 5) is 3.58. The lowest BCUT2D eigenvalue weighted by Gasteiger charge is -2.18. The molecule has 0 saturated heterocycles. The summed E-state index contributed by atoms with van der Waals surface area (Å²) >= 11 is 0. The van der Waals surface area contributed by atoms with Crippen molar-refractivity contribution in [2.75, 3.05) is 4.72 Å². The first kappa shape index (κ1) is 19.4. The third kappa shape index (κ3) is 5.00. The molecule has 136 valence electrons. The number of sulfonamides is 2. The van der Waals surface area contributed by atoms with Crippen LogP contribution in [-0.4, -0.2) is 27.9 Å². The summed E-state index contributed by atoms with van der Waals surface area (Å²) in [5, 5.41) is 0. The highest BCUT2D eigenvalue weighted by Gasteiger charge is 2.22. The molecule has 1 aromatic heterocycles. The fourth-order valence-electron chi connectivity index (χ4n) is 1.89. The van der Waals surface area contributed by atoms with E-state index in [0.717, 1.165) is 6.07 Å². The van der Waals surface area contributed by atoms with Crippen molar-refractivity contribution in [3.8, 4) is 0 Å². The van der Waals surface area contributed by atoms with Crippen molar-refractivity contribution in [3.63, 3.8) is 0 Å². The number of nitrogens with zero attached hydrogens (tertiary/aromatic N) is 1. The lowest BCUT2D eigenvalue weighted by atomic mass is 10.1. The van der Waals surface area contributed by atoms with Crippen LogP contribution in [0.4, 0.5) is 5.69 Å². The summed E-state index contributed by atoms with van der Waals surface area (Å²) < 4.78 is 54.8. The molecule has 0 radical (unpaired) electrons. The van der Waals surface area contributed by atoms with Crippen molar-refractivity contribution in [3.05, 3.63) is 48.8 Å². The molecule has 25 heavy (non-hydrogen) atoms. The molecule has 0 bridgehead atoms. The summed E-state index contributed by atoms with van der Waals surface area (Å²) in [6.07, 6.45) is 2.91. The van der Waals surface area contributed by atoms with E-state index in [9.17, 15) is 16.8 Å². The Kier molecular flexibility index (Phi) is 5.81. The molecule has 2 aromatic rings. The molecule has 9 heteroatoms. The monoisotopic (exact) mass is 383 g/mol. The molecule has 1 heterocycles. The average Bonchev–Trinajstić information content (AvgIpc) is 2.55. The van der Waals surface area contributed by atoms with Crippen molar-refractivity contribution < 1.29 is 16.8 Å². The zero-order valence-corrected chi connectivity index (χ0v) is 15.8. The maximum absolute atomic E-state index is 12.5. The third-order valence-corrected chi connectivity index (χ3v) is 6.64. The summed E-state index contributed by atoms with van der Waals surface area (Å²) in [5.74, 6) is 0.107. The Morgan fingerprint density at radius 3 is 2.00 bits per heavy atom. The molecule has 0 fully saturated rings. The first-order valence-corrected chi connectivity index (χ1v) is 10.6. The molecule has 1 atom stereocenters. The number of hydrogen-bond donors (Lipinski definition) is 2. The molecule has 0 spiro atoms. The van der Waals surface area contributed by atoms with Gasteiger partial charge in [0, 0.05) is 18.4 Å². The minimum atomic E-state index is -3.91. The van der Waals surface area contributed by atoms with Crippen molar-refractivity contribution in [1.82, 2.24) is 9.71 Å². The van der Waals surface area contributed by atoms with Crippen LogP contribution < -0.4 is 9.44 Å². The molecule has 0 aliphatic heterocycles. The summed E-state index contributed by atoms with van der Waals surface area (Å²) in [5.41, 5.74) is 0.342. The molecular weight excluding hydrogens is 362 g/mol. The predicted octanol–water partition coefficient (Wildman–Crippen LogP) is 2.21. The Morgan fingerprint density at radius 2 is 1.44 bits per heavy atom. The quantitative estimate of drug-likeness (QED) is 0.762. The Labute approximate surface area is 148 Å². The maximum atomic E-state index is 12.5. The Bertz CT molecular complexity index is 927. The van der Waals surface area contributed by atoms with Gasteiger partial charge >= 0.3 is 0 Å². The number of rotatable bonds is 7. The minimum absolute atomic E-state index is 0.0994. The second-order valence-corrected chi connectivity index (χ2v) is 9.37. The highest BCUT2D eigenvalue weighted by Crippen LogP contribution is 2.19. The van der Waals surface area contributed by atoms with Gasteiger partial charge in [-0.2, -0.15) is 0 Å². The van der Waals surface area contributed by atoms with Crippen LogP contribution in [0.2, 0.25) is 0 Å². The fourth-order valence-corrected chi connectivity index (χ4v) is 4.51. The van der Waals surface area contributed by atoms with Crippen LogP contribution in [0.1, 0.15) is 20.8 Å². The number of hydrogen-bond acceptors (Lipinski definition) is 5. The van der Waals surface area contributed by atoms with Crippen LogP contribution >= 0.6 is 0 Å². The smallest absolute Gasteiger partial charge is 0.261 e. The van der Waals surface area contributed by atoms with Gasteiger partial charge in [-0.15, -0.1) is 0 Å². The Balaban J connectivity index is 2.32. The van der Waals surface area contributed by atoms with Gasteiger partial charge in [0.25, 0.3) is 10.0 Å². The average molecular weight is 383 g/mol. The van der Waals surface area contributed by atoms with Crippen LogP contribution in [0.3, 0.4) is 0 Å². The van der Waals surface area contributed by atoms with Crippen LogP contribution in [0.15, 0.2) is 58.6 Å². The second-order valence-electron chi connectivity index (χ2n) is 5.97. The molecule has 0 saturated carbocycles. The molecule has 0 aliphatic rings. The minimum Gasteiger partial charge on any atom is -0.280 e. The number of aromatic nitrogens is 1. The van der Waals surface area contributed by atoms with Crippen LogP contribution in [0, 0.1) is 5.92 Å². The number of anilines is 1. The Hall–Kier alpha value is -1.97. The predicted molar refractivity (Wildman–Crippen MR) is 96.1 cm³/mol. The van der Waals surface area contributed by atoms with Gasteiger partial charge in [-0.1, -0.05) is 19.9 Å². The summed E-state index contributed by atoms with van der Waals surface area (Å²) in [7, 11) is -7.72. The van der Waals surface area contributed by atoms with E-state index in [1.165, 1.54) is 42.7 Å². The Morgan fingerprint density at radius 1 is 0.880 bits per heavy atom. The van der Waals surface area contributed by atoms with Crippen molar-refractivity contribution in [1.29, 1.82) is 0 Å². The molecule has 1 aromatic carbocycles. The van der Waals surface area contributed by atoms with Crippen molar-refractivity contribution in [2.24, 2.45) is 5.92 Å². The number of pyridine rings is 1. The van der Waals surface area contributed by atoms with Crippen LogP contribution in [-0.2, 0) is 20.0 Å². The van der Waals surface area contributed by atoms with Gasteiger partial charge in [0.2, 0.25) is 10.0 Å². The highest BCUT2D eigenvalue weighted by molar-refractivity contribution is 7.93. The molecule has 2 N–H and O–H groups in total. The van der Waals surface area contributed by atoms with E-state index >= 15 is 0 Å². The van der Waals surface area contributed by atoms with Gasteiger partial charge < -0.3 is 0 Å². The van der Waals surface area contributed by atoms with E-state index < -0.39 is 20.0 Å². The molecule has 0 amide bonds. The van der Waals surface area contributed by atoms with Crippen LogP contribution in [0.5, 0.6) is 0 Å². The van der Waals surface area contributed by atoms with Crippen molar-refractivity contribution >= 4 is 25.7 Å². The zero-order chi connectivity index (χ0) is 18.7. The molecule has 7 nitrogen and oxygen atoms in total. The lowest BCUT2D eigenvalue weighted by molar-refractivity contribution is 0.476. The zero-order valence-electron chi connectivity index (χ0n) is 14.2. The molecule has 2 rings (SSSR count). The van der Waals surface area contributed by atoms with Gasteiger partial charge in [0.15, 0.2) is 0 Å². The van der Waals surface area contributed by atoms with Crippen molar-refractivity contribution in [2.45, 2.75) is 36.6 Å². The fraction of sp³-hybridized carbons (Fsp3) is 0.312. The first-order valence-electron chi connectivity index (χ1n) is 7.67. The standard InChI is InChI=1S/C16H21N3O4S2/c1-12(2)13(3)18-24(20,21)15-5-4-6-16(11-15)25(22,23)19-14-7-9-17-10-8-14/h4-13,18H,1-3H3,(H,17,19). The normalized spacial score (nSPS) is 13.6. The van der Waals surface area contributed by atoms with E-state index in [2.05, 4.69) is 14.4 Å². The van der Waals surface area contributed by atoms with E-state index in [0.29, 0.717) is 5.69 Å². The van der Waals surface area contributed by atoms with Gasteiger partial charge in [-0.05, 0) is 43.2 Å². The highest BCUT2D eigenvalue weighted by atomic mass is 32.2. The summed E-state index contributed by atoms with van der Waals surface area (Å²) in [6.45, 7) is 5.55. The second kappa shape index (κ2) is 7.51. The van der Waals surface area contributed by atoms with Gasteiger partial charge in [0.1, 0.15) is 0 Å². The number of benzene rings is 1. The van der Waals surface area contributed by atoms with Gasteiger partial charge in [-0.3, -0.25) is 9.71 Å². The first-order chi connectivity index (χ1) is 11.6. The summed E-state index contributed by atoms with van der Waals surface area (Å²) in [6, 6.07) is 7.97. The van der Waals surface area contributed by atoms with E-state index in [1.54, 1.807) is 6.92 Å². The van der Waals surface area contributed by atoms with E-state index in [-0.39, 0.29) is 21.8 Å². The SMILES string of the molecule is CC(C)C(C)NS(=O)(=O)c1cccc(S(=O)(=O)Nc2ccncc2)c1. The maximum Gasteiger partial charge on any atom is 0.261 e. The van der Waals surface area contributed by atoms with Gasteiger partial charge in [0.05, 0.1) is 15.5 Å². The lowest BCUT2D eigenvalue weighted by Crippen LogP contribution is -2.36. The molecule has 1 unspecified atom stereocenters. The number of nitrogens with one attached hydrogen (secondary N) is 2. The topological polar surface area (TPSA) is 105 Å². The third-order valence-electron chi connectivity index (χ3n) is 3.70. The van der Waals surface area contributed by atoms with Crippen LogP contribution in [0.25, 0.3) is 0 Å². The molecular formula is C16H21N3O4S2. The van der Waals surface area contributed by atoms with E-state index in [1.807, 2.05) is 13.8 Å².